The lowest BCUT2D eigenvalue weighted by Gasteiger charge is -2.19. The number of ether oxygens (including phenoxy) is 1. The van der Waals surface area contributed by atoms with Crippen LogP contribution < -0.4 is 5.56 Å². The Bertz CT molecular complexity index is 1030. The normalized spacial score (nSPS) is 12.1. The van der Waals surface area contributed by atoms with Gasteiger partial charge in [-0.15, -0.1) is 11.3 Å². The van der Waals surface area contributed by atoms with Crippen LogP contribution in [0.3, 0.4) is 0 Å². The van der Waals surface area contributed by atoms with Gasteiger partial charge >= 0.3 is 5.97 Å². The molecule has 0 aliphatic carbocycles. The second-order valence-electron chi connectivity index (χ2n) is 6.34. The lowest BCUT2D eigenvalue weighted by molar-refractivity contribution is -0.140. The number of carbonyl (C=O) groups is 1. The molecule has 1 unspecified atom stereocenters. The van der Waals surface area contributed by atoms with Crippen LogP contribution in [0.15, 0.2) is 39.3 Å². The SMILES string of the molecule is COC(=O)CC(c1ccc(Br)s1)c1c(O)cc(C)n(CCc2cnc[nH]2)c1=O. The smallest absolute Gasteiger partial charge is 0.306 e. The van der Waals surface area contributed by atoms with Crippen LogP contribution in [0.5, 0.6) is 5.75 Å². The quantitative estimate of drug-likeness (QED) is 0.521. The minimum atomic E-state index is -0.588. The van der Waals surface area contributed by atoms with Crippen LogP contribution >= 0.6 is 27.3 Å². The van der Waals surface area contributed by atoms with E-state index in [4.69, 9.17) is 4.74 Å². The number of aryl methyl sites for hydroxylation is 2. The van der Waals surface area contributed by atoms with Crippen molar-refractivity contribution >= 4 is 33.2 Å². The third-order valence-corrected chi connectivity index (χ3v) is 6.30. The van der Waals surface area contributed by atoms with Crippen LogP contribution in [0, 0.1) is 6.92 Å². The first-order valence-corrected chi connectivity index (χ1v) is 10.2. The van der Waals surface area contributed by atoms with Crippen LogP contribution in [0.4, 0.5) is 0 Å². The van der Waals surface area contributed by atoms with E-state index in [1.807, 2.05) is 12.1 Å². The average molecular weight is 466 g/mol. The third kappa shape index (κ3) is 4.36. The Morgan fingerprint density at radius 2 is 2.25 bits per heavy atom. The number of H-pyrrole nitrogens is 1. The summed E-state index contributed by atoms with van der Waals surface area (Å²) >= 11 is 4.83. The van der Waals surface area contributed by atoms with E-state index < -0.39 is 11.9 Å². The molecular formula is C19H20BrN3O4S. The number of nitrogens with one attached hydrogen (secondary N) is 1. The summed E-state index contributed by atoms with van der Waals surface area (Å²) in [7, 11) is 1.31. The predicted octanol–water partition coefficient (Wildman–Crippen LogP) is 3.35. The molecule has 3 aromatic rings. The molecule has 28 heavy (non-hydrogen) atoms. The largest absolute Gasteiger partial charge is 0.507 e. The van der Waals surface area contributed by atoms with Crippen LogP contribution in [0.25, 0.3) is 0 Å². The van der Waals surface area contributed by atoms with Crippen molar-refractivity contribution in [2.45, 2.75) is 32.2 Å². The number of rotatable bonds is 7. The lowest BCUT2D eigenvalue weighted by atomic mass is 9.94. The Morgan fingerprint density at radius 1 is 1.46 bits per heavy atom. The summed E-state index contributed by atoms with van der Waals surface area (Å²) in [6.07, 6.45) is 3.87. The molecule has 3 rings (SSSR count). The molecular weight excluding hydrogens is 446 g/mol. The Labute approximate surface area is 174 Å². The van der Waals surface area contributed by atoms with Crippen molar-refractivity contribution < 1.29 is 14.6 Å². The number of aromatic nitrogens is 3. The predicted molar refractivity (Wildman–Crippen MR) is 110 cm³/mol. The molecule has 0 amide bonds. The van der Waals surface area contributed by atoms with Gasteiger partial charge in [-0.1, -0.05) is 0 Å². The van der Waals surface area contributed by atoms with Gasteiger partial charge in [0.1, 0.15) is 5.75 Å². The van der Waals surface area contributed by atoms with Gasteiger partial charge in [0.15, 0.2) is 0 Å². The highest BCUT2D eigenvalue weighted by atomic mass is 79.9. The third-order valence-electron chi connectivity index (χ3n) is 4.57. The van der Waals surface area contributed by atoms with Crippen LogP contribution in [-0.4, -0.2) is 32.7 Å². The highest BCUT2D eigenvalue weighted by Crippen LogP contribution is 2.37. The van der Waals surface area contributed by atoms with Gasteiger partial charge < -0.3 is 19.4 Å². The van der Waals surface area contributed by atoms with E-state index in [-0.39, 0.29) is 23.3 Å². The van der Waals surface area contributed by atoms with Crippen molar-refractivity contribution in [3.63, 3.8) is 0 Å². The van der Waals surface area contributed by atoms with Crippen molar-refractivity contribution in [2.75, 3.05) is 7.11 Å². The molecule has 0 bridgehead atoms. The van der Waals surface area contributed by atoms with Gasteiger partial charge in [-0.2, -0.15) is 0 Å². The molecule has 9 heteroatoms. The van der Waals surface area contributed by atoms with E-state index in [1.165, 1.54) is 18.4 Å². The topological polar surface area (TPSA) is 97.2 Å². The Hall–Kier alpha value is -2.39. The standard InChI is InChI=1S/C19H20BrN3O4S/c1-11-7-14(24)18(19(26)23(11)6-5-12-9-21-10-22-12)13(8-17(25)27-2)15-3-4-16(20)28-15/h3-4,7,9-10,13,24H,5-6,8H2,1-2H3,(H,21,22). The maximum Gasteiger partial charge on any atom is 0.306 e. The highest BCUT2D eigenvalue weighted by Gasteiger charge is 2.27. The van der Waals surface area contributed by atoms with Gasteiger partial charge in [-0.25, -0.2) is 4.98 Å². The van der Waals surface area contributed by atoms with Crippen molar-refractivity contribution in [1.29, 1.82) is 0 Å². The molecule has 0 fully saturated rings. The molecule has 0 spiro atoms. The molecule has 7 nitrogen and oxygen atoms in total. The number of aromatic amines is 1. The van der Waals surface area contributed by atoms with Crippen LogP contribution in [-0.2, 0) is 22.5 Å². The number of thiophene rings is 1. The summed E-state index contributed by atoms with van der Waals surface area (Å²) in [6, 6.07) is 5.26. The number of imidazole rings is 1. The number of hydrogen-bond donors (Lipinski definition) is 2. The summed E-state index contributed by atoms with van der Waals surface area (Å²) < 4.78 is 7.31. The van der Waals surface area contributed by atoms with E-state index in [0.717, 1.165) is 14.4 Å². The zero-order chi connectivity index (χ0) is 20.3. The zero-order valence-corrected chi connectivity index (χ0v) is 17.8. The number of pyridine rings is 1. The van der Waals surface area contributed by atoms with E-state index in [9.17, 15) is 14.7 Å². The average Bonchev–Trinajstić information content (AvgIpc) is 3.31. The molecule has 0 saturated carbocycles. The number of nitrogens with zero attached hydrogens (tertiary/aromatic N) is 2. The monoisotopic (exact) mass is 465 g/mol. The fourth-order valence-electron chi connectivity index (χ4n) is 3.14. The number of hydrogen-bond acceptors (Lipinski definition) is 6. The molecule has 3 heterocycles. The van der Waals surface area contributed by atoms with E-state index in [0.29, 0.717) is 18.7 Å². The molecule has 3 aromatic heterocycles. The molecule has 1 atom stereocenters. The fraction of sp³-hybridized carbons (Fsp3) is 0.316. The Balaban J connectivity index is 2.05. The zero-order valence-electron chi connectivity index (χ0n) is 15.4. The first kappa shape index (κ1) is 20.3. The minimum Gasteiger partial charge on any atom is -0.507 e. The highest BCUT2D eigenvalue weighted by molar-refractivity contribution is 9.11. The number of aromatic hydroxyl groups is 1. The van der Waals surface area contributed by atoms with Crippen LogP contribution in [0.2, 0.25) is 0 Å². The maximum absolute atomic E-state index is 13.3. The molecule has 2 N–H and O–H groups in total. The van der Waals surface area contributed by atoms with Crippen molar-refractivity contribution in [3.05, 3.63) is 66.7 Å². The molecule has 148 valence electrons. The van der Waals surface area contributed by atoms with Gasteiger partial charge in [0, 0.05) is 41.3 Å². The van der Waals surface area contributed by atoms with Crippen molar-refractivity contribution in [3.8, 4) is 5.75 Å². The number of halogens is 1. The Morgan fingerprint density at radius 3 is 2.86 bits per heavy atom. The first-order chi connectivity index (χ1) is 13.4. The fourth-order valence-corrected chi connectivity index (χ4v) is 4.67. The van der Waals surface area contributed by atoms with Crippen LogP contribution in [0.1, 0.15) is 34.2 Å². The summed E-state index contributed by atoms with van der Waals surface area (Å²) in [4.78, 5) is 33.1. The van der Waals surface area contributed by atoms with Crippen molar-refractivity contribution in [2.24, 2.45) is 0 Å². The molecule has 0 saturated heterocycles. The second-order valence-corrected chi connectivity index (χ2v) is 8.84. The van der Waals surface area contributed by atoms with Gasteiger partial charge in [-0.3, -0.25) is 9.59 Å². The molecule has 0 aromatic carbocycles. The summed E-state index contributed by atoms with van der Waals surface area (Å²) in [5.41, 5.74) is 1.45. The second kappa shape index (κ2) is 8.74. The summed E-state index contributed by atoms with van der Waals surface area (Å²) in [5.74, 6) is -1.15. The summed E-state index contributed by atoms with van der Waals surface area (Å²) in [5, 5.41) is 10.6. The minimum absolute atomic E-state index is 0.0319. The number of carbonyl (C=O) groups excluding carboxylic acids is 1. The molecule has 0 aliphatic rings. The lowest BCUT2D eigenvalue weighted by Crippen LogP contribution is -2.29. The van der Waals surface area contributed by atoms with E-state index in [1.54, 1.807) is 30.1 Å². The van der Waals surface area contributed by atoms with Gasteiger partial charge in [-0.05, 0) is 41.1 Å². The van der Waals surface area contributed by atoms with Gasteiger partial charge in [0.25, 0.3) is 5.56 Å². The Kier molecular flexibility index (Phi) is 6.35. The number of methoxy groups -OCH3 is 1. The molecule has 0 aliphatic heterocycles. The van der Waals surface area contributed by atoms with Gasteiger partial charge in [0.05, 0.1) is 29.2 Å². The number of esters is 1. The first-order valence-electron chi connectivity index (χ1n) is 8.63. The van der Waals surface area contributed by atoms with E-state index >= 15 is 0 Å². The van der Waals surface area contributed by atoms with Crippen molar-refractivity contribution in [1.82, 2.24) is 14.5 Å². The van der Waals surface area contributed by atoms with Gasteiger partial charge in [0.2, 0.25) is 0 Å². The summed E-state index contributed by atoms with van der Waals surface area (Å²) in [6.45, 7) is 2.20. The maximum atomic E-state index is 13.3. The van der Waals surface area contributed by atoms with E-state index in [2.05, 4.69) is 25.9 Å². The molecule has 0 radical (unpaired) electrons.